The molecule has 2 N–H and O–H groups in total. The average Bonchev–Trinajstić information content (AvgIpc) is 2.77. The van der Waals surface area contributed by atoms with Crippen LogP contribution in [0.15, 0.2) is 12.1 Å². The van der Waals surface area contributed by atoms with Crippen molar-refractivity contribution in [3.8, 4) is 16.9 Å². The summed E-state index contributed by atoms with van der Waals surface area (Å²) in [5, 5.41) is 14.2. The van der Waals surface area contributed by atoms with Gasteiger partial charge in [0, 0.05) is 5.56 Å². The van der Waals surface area contributed by atoms with Crippen LogP contribution in [0, 0.1) is 5.82 Å². The van der Waals surface area contributed by atoms with Crippen molar-refractivity contribution >= 4 is 7.69 Å². The predicted molar refractivity (Wildman–Crippen MR) is 48.5 cm³/mol. The molecule has 0 aliphatic heterocycles. The van der Waals surface area contributed by atoms with E-state index in [1.165, 1.54) is 0 Å². The molecule has 0 bridgehead atoms. The zero-order chi connectivity index (χ0) is 12.3. The Kier molecular flexibility index (Phi) is 3.76. The highest BCUT2D eigenvalue weighted by Crippen LogP contribution is 2.46. The van der Waals surface area contributed by atoms with Crippen LogP contribution in [0.2, 0.25) is 0 Å². The molecule has 16 heavy (non-hydrogen) atoms. The molecule has 0 heterocycles. The van der Waals surface area contributed by atoms with Gasteiger partial charge in [-0.2, -0.15) is 13.2 Å². The van der Waals surface area contributed by atoms with Crippen LogP contribution < -0.4 is 4.74 Å². The quantitative estimate of drug-likeness (QED) is 0.605. The standard InChI is InChI=1S/C8H4F4O.BH3O2/c9-6-2-4-1-5(4)7(6)13-3-8(10,11)12;2-1-3/h1-2H,3H2;1-3H. The third-order valence-electron chi connectivity index (χ3n) is 1.65. The van der Waals surface area contributed by atoms with Crippen LogP contribution in [0.4, 0.5) is 17.6 Å². The van der Waals surface area contributed by atoms with Gasteiger partial charge in [-0.3, -0.25) is 0 Å². The molecule has 88 valence electrons. The van der Waals surface area contributed by atoms with Crippen LogP contribution in [0.1, 0.15) is 0 Å². The Morgan fingerprint density at radius 2 is 1.81 bits per heavy atom. The number of alkyl halides is 3. The van der Waals surface area contributed by atoms with Crippen molar-refractivity contribution in [3.05, 3.63) is 17.9 Å². The maximum Gasteiger partial charge on any atom is 0.432 e. The summed E-state index contributed by atoms with van der Waals surface area (Å²) < 4.78 is 52.0. The van der Waals surface area contributed by atoms with Gasteiger partial charge in [0.2, 0.25) is 0 Å². The maximum absolute atomic E-state index is 12.7. The van der Waals surface area contributed by atoms with Gasteiger partial charge in [0.1, 0.15) is 0 Å². The highest BCUT2D eigenvalue weighted by Gasteiger charge is 2.32. The zero-order valence-corrected chi connectivity index (χ0v) is 7.88. The van der Waals surface area contributed by atoms with E-state index in [0.717, 1.165) is 6.07 Å². The van der Waals surface area contributed by atoms with Crippen molar-refractivity contribution in [2.24, 2.45) is 0 Å². The Bertz CT molecular complexity index is 380. The second-order valence-electron chi connectivity index (χ2n) is 2.88. The lowest BCUT2D eigenvalue weighted by Crippen LogP contribution is -2.19. The second-order valence-corrected chi connectivity index (χ2v) is 2.88. The number of ether oxygens (including phenoxy) is 1. The van der Waals surface area contributed by atoms with Crippen molar-refractivity contribution in [3.63, 3.8) is 0 Å². The van der Waals surface area contributed by atoms with Crippen molar-refractivity contribution in [1.82, 2.24) is 0 Å². The van der Waals surface area contributed by atoms with Crippen molar-refractivity contribution in [1.29, 1.82) is 0 Å². The number of fused-ring (bicyclic) bond motifs is 1. The molecule has 0 radical (unpaired) electrons. The van der Waals surface area contributed by atoms with E-state index < -0.39 is 26.3 Å². The average molecular weight is 238 g/mol. The van der Waals surface area contributed by atoms with Crippen LogP contribution in [0.5, 0.6) is 5.75 Å². The molecule has 2 aliphatic carbocycles. The Labute approximate surface area is 88.6 Å². The van der Waals surface area contributed by atoms with Gasteiger partial charge in [0.05, 0.1) is 0 Å². The molecule has 0 saturated heterocycles. The van der Waals surface area contributed by atoms with Crippen LogP contribution >= 0.6 is 0 Å². The molecule has 0 unspecified atom stereocenters. The number of hydrogen-bond acceptors (Lipinski definition) is 3. The van der Waals surface area contributed by atoms with E-state index in [1.807, 2.05) is 0 Å². The van der Waals surface area contributed by atoms with Gasteiger partial charge >= 0.3 is 13.9 Å². The molecule has 0 atom stereocenters. The minimum atomic E-state index is -4.43. The highest BCUT2D eigenvalue weighted by molar-refractivity contribution is 6.13. The van der Waals surface area contributed by atoms with Gasteiger partial charge < -0.3 is 14.8 Å². The van der Waals surface area contributed by atoms with Gasteiger partial charge in [-0.15, -0.1) is 0 Å². The maximum atomic E-state index is 12.7. The molecule has 8 heteroatoms. The first-order chi connectivity index (χ1) is 7.39. The fourth-order valence-electron chi connectivity index (χ4n) is 1.07. The first kappa shape index (κ1) is 12.8. The third-order valence-corrected chi connectivity index (χ3v) is 1.65. The van der Waals surface area contributed by atoms with E-state index in [-0.39, 0.29) is 5.75 Å². The van der Waals surface area contributed by atoms with Gasteiger partial charge in [0.25, 0.3) is 0 Å². The first-order valence-corrected chi connectivity index (χ1v) is 4.14. The molecule has 0 aromatic heterocycles. The Morgan fingerprint density at radius 3 is 2.19 bits per heavy atom. The topological polar surface area (TPSA) is 49.7 Å². The van der Waals surface area contributed by atoms with Crippen LogP contribution in [0.25, 0.3) is 11.1 Å². The molecular weight excluding hydrogens is 231 g/mol. The molecule has 0 aromatic rings. The minimum absolute atomic E-state index is 0.285. The Hall–Kier alpha value is -1.28. The zero-order valence-electron chi connectivity index (χ0n) is 7.88. The van der Waals surface area contributed by atoms with Gasteiger partial charge in [-0.1, -0.05) is 0 Å². The van der Waals surface area contributed by atoms with Crippen LogP contribution in [-0.2, 0) is 0 Å². The molecule has 2 aliphatic rings. The lowest BCUT2D eigenvalue weighted by atomic mass is 10.5. The Balaban J connectivity index is 0.000000386. The summed E-state index contributed by atoms with van der Waals surface area (Å²) in [7, 11) is -0.750. The van der Waals surface area contributed by atoms with Crippen LogP contribution in [0.3, 0.4) is 0 Å². The summed E-state index contributed by atoms with van der Waals surface area (Å²) in [6.45, 7) is -1.45. The van der Waals surface area contributed by atoms with E-state index in [4.69, 9.17) is 10.0 Å². The number of hydrogen-bond donors (Lipinski definition) is 2. The third kappa shape index (κ3) is 3.39. The van der Waals surface area contributed by atoms with Crippen molar-refractivity contribution < 1.29 is 32.3 Å². The first-order valence-electron chi connectivity index (χ1n) is 4.14. The number of benzene rings is 1. The molecule has 0 aromatic carbocycles. The molecule has 0 saturated carbocycles. The highest BCUT2D eigenvalue weighted by atomic mass is 19.4. The molecule has 2 rings (SSSR count). The monoisotopic (exact) mass is 238 g/mol. The fourth-order valence-corrected chi connectivity index (χ4v) is 1.07. The summed E-state index contributed by atoms with van der Waals surface area (Å²) in [5.41, 5.74) is 1.07. The van der Waals surface area contributed by atoms with Gasteiger partial charge in [0.15, 0.2) is 18.2 Å². The SMILES string of the molecule is Fc1cc2cc-2c1OCC(F)(F)F.OBO. The fraction of sp³-hybridized carbons (Fsp3) is 0.250. The molecule has 0 amide bonds. The van der Waals surface area contributed by atoms with Crippen LogP contribution in [-0.4, -0.2) is 30.5 Å². The lowest BCUT2D eigenvalue weighted by molar-refractivity contribution is -0.153. The minimum Gasteiger partial charge on any atom is -0.480 e. The molecule has 0 fully saturated rings. The summed E-state index contributed by atoms with van der Waals surface area (Å²) in [6.07, 6.45) is -4.43. The lowest BCUT2D eigenvalue weighted by Gasteiger charge is -2.07. The molecule has 3 nitrogen and oxygen atoms in total. The summed E-state index contributed by atoms with van der Waals surface area (Å²) in [5.74, 6) is -1.01. The van der Waals surface area contributed by atoms with Crippen molar-refractivity contribution in [2.45, 2.75) is 6.18 Å². The van der Waals surface area contributed by atoms with Gasteiger partial charge in [-0.25, -0.2) is 4.39 Å². The normalized spacial score (nSPS) is 11.4. The van der Waals surface area contributed by atoms with E-state index in [0.29, 0.717) is 11.1 Å². The van der Waals surface area contributed by atoms with E-state index in [9.17, 15) is 17.6 Å². The van der Waals surface area contributed by atoms with Crippen molar-refractivity contribution in [2.75, 3.05) is 6.61 Å². The summed E-state index contributed by atoms with van der Waals surface area (Å²) in [6, 6.07) is 2.72. The molecular formula is C8H7BF4O3. The van der Waals surface area contributed by atoms with Gasteiger partial charge in [-0.05, 0) is 17.7 Å². The number of rotatable bonds is 2. The predicted octanol–water partition coefficient (Wildman–Crippen LogP) is 0.985. The smallest absolute Gasteiger partial charge is 0.432 e. The van der Waals surface area contributed by atoms with E-state index >= 15 is 0 Å². The Morgan fingerprint density at radius 1 is 1.25 bits per heavy atom. The summed E-state index contributed by atoms with van der Waals surface area (Å²) in [4.78, 5) is 0. The van der Waals surface area contributed by atoms with E-state index in [1.54, 1.807) is 6.07 Å². The largest absolute Gasteiger partial charge is 0.480 e. The summed E-state index contributed by atoms with van der Waals surface area (Å²) >= 11 is 0. The number of halogens is 4. The second kappa shape index (κ2) is 4.71. The van der Waals surface area contributed by atoms with E-state index in [2.05, 4.69) is 4.74 Å². The molecule has 0 spiro atoms.